The van der Waals surface area contributed by atoms with Crippen LogP contribution in [0.2, 0.25) is 0 Å². The second-order valence-electron chi connectivity index (χ2n) is 3.34. The highest BCUT2D eigenvalue weighted by molar-refractivity contribution is 5.26. The van der Waals surface area contributed by atoms with E-state index in [0.29, 0.717) is 0 Å². The maximum absolute atomic E-state index is 5.38. The molecular weight excluding hydrogens is 176 g/mol. The lowest BCUT2D eigenvalue weighted by atomic mass is 10.1. The molecule has 1 aromatic carbocycles. The van der Waals surface area contributed by atoms with Gasteiger partial charge in [-0.3, -0.25) is 0 Å². The van der Waals surface area contributed by atoms with Gasteiger partial charge in [0, 0.05) is 6.42 Å². The summed E-state index contributed by atoms with van der Waals surface area (Å²) < 4.78 is 4.93. The van der Waals surface area contributed by atoms with Crippen LogP contribution in [-0.2, 0) is 6.42 Å². The molecule has 0 fully saturated rings. The first-order valence-electron chi connectivity index (χ1n) is 4.49. The van der Waals surface area contributed by atoms with Gasteiger partial charge in [0.1, 0.15) is 6.26 Å². The Balaban J connectivity index is 2.18. The number of nitrogen functional groups attached to an aromatic ring is 1. The standard InChI is InChI=1S/C11H12N2O/c1-8-3-2-4-9(5-8)6-10-7-14-11(12)13-10/h2-5,7H,6H2,1H3,(H2,12,13). The molecule has 1 heterocycles. The Kier molecular flexibility index (Phi) is 2.23. The van der Waals surface area contributed by atoms with Crippen LogP contribution in [0.3, 0.4) is 0 Å². The molecule has 0 saturated heterocycles. The third-order valence-electron chi connectivity index (χ3n) is 2.04. The first-order chi connectivity index (χ1) is 6.74. The second-order valence-corrected chi connectivity index (χ2v) is 3.34. The molecule has 0 amide bonds. The van der Waals surface area contributed by atoms with E-state index in [4.69, 9.17) is 10.2 Å². The van der Waals surface area contributed by atoms with Crippen LogP contribution in [0.15, 0.2) is 34.9 Å². The Bertz CT molecular complexity index is 434. The number of nitrogens with two attached hydrogens (primary N) is 1. The van der Waals surface area contributed by atoms with Crippen molar-refractivity contribution in [3.8, 4) is 0 Å². The second kappa shape index (κ2) is 3.54. The van der Waals surface area contributed by atoms with Crippen molar-refractivity contribution >= 4 is 6.01 Å². The van der Waals surface area contributed by atoms with Gasteiger partial charge in [0.25, 0.3) is 6.01 Å². The molecule has 0 bridgehead atoms. The molecule has 0 aliphatic carbocycles. The average Bonchev–Trinajstić information content (AvgIpc) is 2.51. The van der Waals surface area contributed by atoms with E-state index in [-0.39, 0.29) is 6.01 Å². The van der Waals surface area contributed by atoms with E-state index in [1.165, 1.54) is 11.1 Å². The summed E-state index contributed by atoms with van der Waals surface area (Å²) in [6.45, 7) is 2.07. The van der Waals surface area contributed by atoms with Gasteiger partial charge in [-0.15, -0.1) is 0 Å². The van der Waals surface area contributed by atoms with Crippen molar-refractivity contribution in [1.29, 1.82) is 0 Å². The highest BCUT2D eigenvalue weighted by atomic mass is 16.4. The molecule has 72 valence electrons. The first-order valence-corrected chi connectivity index (χ1v) is 4.49. The summed E-state index contributed by atoms with van der Waals surface area (Å²) in [4.78, 5) is 4.05. The van der Waals surface area contributed by atoms with Gasteiger partial charge in [-0.25, -0.2) is 0 Å². The van der Waals surface area contributed by atoms with Crippen molar-refractivity contribution in [1.82, 2.24) is 4.98 Å². The van der Waals surface area contributed by atoms with Crippen molar-refractivity contribution in [3.63, 3.8) is 0 Å². The Hall–Kier alpha value is -1.77. The number of hydrogen-bond acceptors (Lipinski definition) is 3. The quantitative estimate of drug-likeness (QED) is 0.785. The molecule has 0 saturated carbocycles. The number of rotatable bonds is 2. The highest BCUT2D eigenvalue weighted by Crippen LogP contribution is 2.11. The zero-order chi connectivity index (χ0) is 9.97. The summed E-state index contributed by atoms with van der Waals surface area (Å²) in [6, 6.07) is 8.53. The van der Waals surface area contributed by atoms with E-state index >= 15 is 0 Å². The Morgan fingerprint density at radius 3 is 2.93 bits per heavy atom. The van der Waals surface area contributed by atoms with Crippen molar-refractivity contribution < 1.29 is 4.42 Å². The zero-order valence-electron chi connectivity index (χ0n) is 8.03. The number of anilines is 1. The minimum atomic E-state index is 0.229. The van der Waals surface area contributed by atoms with Crippen LogP contribution in [0, 0.1) is 6.92 Å². The molecule has 0 spiro atoms. The van der Waals surface area contributed by atoms with Crippen molar-refractivity contribution in [2.24, 2.45) is 0 Å². The Morgan fingerprint density at radius 1 is 1.43 bits per heavy atom. The molecule has 1 aromatic heterocycles. The first kappa shape index (κ1) is 8.81. The van der Waals surface area contributed by atoms with Crippen molar-refractivity contribution in [2.75, 3.05) is 5.73 Å². The van der Waals surface area contributed by atoms with Gasteiger partial charge in [0.05, 0.1) is 5.69 Å². The van der Waals surface area contributed by atoms with Gasteiger partial charge in [-0.05, 0) is 12.5 Å². The largest absolute Gasteiger partial charge is 0.432 e. The fourth-order valence-corrected chi connectivity index (χ4v) is 1.44. The molecule has 0 aliphatic heterocycles. The molecule has 2 aromatic rings. The molecule has 0 radical (unpaired) electrons. The fourth-order valence-electron chi connectivity index (χ4n) is 1.44. The lowest BCUT2D eigenvalue weighted by Crippen LogP contribution is -1.90. The van der Waals surface area contributed by atoms with Gasteiger partial charge in [0.15, 0.2) is 0 Å². The maximum Gasteiger partial charge on any atom is 0.292 e. The van der Waals surface area contributed by atoms with Crippen LogP contribution in [0.25, 0.3) is 0 Å². The Morgan fingerprint density at radius 2 is 2.29 bits per heavy atom. The van der Waals surface area contributed by atoms with E-state index in [0.717, 1.165) is 12.1 Å². The van der Waals surface area contributed by atoms with Gasteiger partial charge in [-0.2, -0.15) is 4.98 Å². The molecule has 0 aliphatic rings. The molecule has 2 rings (SSSR count). The number of hydrogen-bond donors (Lipinski definition) is 1. The number of benzene rings is 1. The van der Waals surface area contributed by atoms with Gasteiger partial charge < -0.3 is 10.2 Å². The summed E-state index contributed by atoms with van der Waals surface area (Å²) in [5, 5.41) is 0. The summed E-state index contributed by atoms with van der Waals surface area (Å²) in [7, 11) is 0. The molecule has 0 unspecified atom stereocenters. The monoisotopic (exact) mass is 188 g/mol. The van der Waals surface area contributed by atoms with Crippen LogP contribution >= 0.6 is 0 Å². The number of aryl methyl sites for hydroxylation is 1. The van der Waals surface area contributed by atoms with Gasteiger partial charge >= 0.3 is 0 Å². The van der Waals surface area contributed by atoms with Crippen LogP contribution in [-0.4, -0.2) is 4.98 Å². The molecule has 14 heavy (non-hydrogen) atoms. The predicted molar refractivity (Wildman–Crippen MR) is 54.9 cm³/mol. The number of nitrogens with zero attached hydrogens (tertiary/aromatic N) is 1. The number of oxazole rings is 1. The molecule has 3 nitrogen and oxygen atoms in total. The average molecular weight is 188 g/mol. The summed E-state index contributed by atoms with van der Waals surface area (Å²) in [5.74, 6) is 0. The minimum Gasteiger partial charge on any atom is -0.432 e. The van der Waals surface area contributed by atoms with Gasteiger partial charge in [-0.1, -0.05) is 29.8 Å². The lowest BCUT2D eigenvalue weighted by molar-refractivity contribution is 0.579. The number of aromatic nitrogens is 1. The fraction of sp³-hybridized carbons (Fsp3) is 0.182. The van der Waals surface area contributed by atoms with E-state index in [1.54, 1.807) is 6.26 Å². The van der Waals surface area contributed by atoms with Crippen LogP contribution in [0.1, 0.15) is 16.8 Å². The molecule has 0 atom stereocenters. The van der Waals surface area contributed by atoms with Crippen LogP contribution < -0.4 is 5.73 Å². The Labute approximate surface area is 82.6 Å². The minimum absolute atomic E-state index is 0.229. The normalized spacial score (nSPS) is 10.4. The zero-order valence-corrected chi connectivity index (χ0v) is 8.03. The molecule has 2 N–H and O–H groups in total. The summed E-state index contributed by atoms with van der Waals surface area (Å²) in [6.07, 6.45) is 2.36. The predicted octanol–water partition coefficient (Wildman–Crippen LogP) is 2.16. The third kappa shape index (κ3) is 1.93. The highest BCUT2D eigenvalue weighted by Gasteiger charge is 2.01. The third-order valence-corrected chi connectivity index (χ3v) is 2.04. The van der Waals surface area contributed by atoms with Crippen LogP contribution in [0.4, 0.5) is 6.01 Å². The summed E-state index contributed by atoms with van der Waals surface area (Å²) in [5.41, 5.74) is 8.72. The van der Waals surface area contributed by atoms with Crippen molar-refractivity contribution in [2.45, 2.75) is 13.3 Å². The molecular formula is C11H12N2O. The lowest BCUT2D eigenvalue weighted by Gasteiger charge is -1.98. The summed E-state index contributed by atoms with van der Waals surface area (Å²) >= 11 is 0. The van der Waals surface area contributed by atoms with Gasteiger partial charge in [0.2, 0.25) is 0 Å². The SMILES string of the molecule is Cc1cccc(Cc2coc(N)n2)c1. The van der Waals surface area contributed by atoms with E-state index in [9.17, 15) is 0 Å². The molecule has 3 heteroatoms. The van der Waals surface area contributed by atoms with E-state index in [2.05, 4.69) is 30.1 Å². The van der Waals surface area contributed by atoms with E-state index in [1.807, 2.05) is 6.07 Å². The smallest absolute Gasteiger partial charge is 0.292 e. The maximum atomic E-state index is 5.38. The topological polar surface area (TPSA) is 52.0 Å². The van der Waals surface area contributed by atoms with Crippen molar-refractivity contribution in [3.05, 3.63) is 47.3 Å². The van der Waals surface area contributed by atoms with Crippen LogP contribution in [0.5, 0.6) is 0 Å². The van der Waals surface area contributed by atoms with E-state index < -0.39 is 0 Å².